The molecule has 41 heavy (non-hydrogen) atoms. The third kappa shape index (κ3) is 8.74. The van der Waals surface area contributed by atoms with E-state index in [0.717, 1.165) is 38.0 Å². The zero-order chi connectivity index (χ0) is 29.2. The molecule has 2 aromatic carbocycles. The molecule has 2 N–H and O–H groups in total. The van der Waals surface area contributed by atoms with Crippen molar-refractivity contribution in [3.63, 3.8) is 0 Å². The van der Waals surface area contributed by atoms with Crippen LogP contribution in [0.1, 0.15) is 57.1 Å². The summed E-state index contributed by atoms with van der Waals surface area (Å²) < 4.78 is 19.9. The quantitative estimate of drug-likeness (QED) is 0.341. The van der Waals surface area contributed by atoms with Gasteiger partial charge in [-0.15, -0.1) is 0 Å². The Bertz CT molecular complexity index is 1170. The van der Waals surface area contributed by atoms with Crippen molar-refractivity contribution in [2.45, 2.75) is 57.5 Å². The second kappa shape index (κ2) is 15.3. The minimum atomic E-state index is -0.586. The van der Waals surface area contributed by atoms with Crippen molar-refractivity contribution >= 4 is 29.3 Å². The number of ether oxygens (including phenoxy) is 1. The van der Waals surface area contributed by atoms with E-state index in [1.54, 1.807) is 29.2 Å². The Morgan fingerprint density at radius 3 is 2.54 bits per heavy atom. The average molecular weight is 587 g/mol. The Hall–Kier alpha value is -3.01. The summed E-state index contributed by atoms with van der Waals surface area (Å²) >= 11 is 6.19. The highest BCUT2D eigenvalue weighted by atomic mass is 35.5. The number of nitrogens with zero attached hydrogens (tertiary/aromatic N) is 2. The minimum absolute atomic E-state index is 0.146. The van der Waals surface area contributed by atoms with Crippen molar-refractivity contribution in [1.29, 1.82) is 0 Å². The smallest absolute Gasteiger partial charge is 0.243 e. The fourth-order valence-electron chi connectivity index (χ4n) is 5.47. The molecule has 2 aliphatic rings. The molecule has 2 fully saturated rings. The van der Waals surface area contributed by atoms with Crippen molar-refractivity contribution in [2.24, 2.45) is 0 Å². The molecule has 0 bridgehead atoms. The molecule has 222 valence electrons. The summed E-state index contributed by atoms with van der Waals surface area (Å²) in [5.41, 5.74) is 1.83. The van der Waals surface area contributed by atoms with Gasteiger partial charge in [-0.2, -0.15) is 0 Å². The molecule has 0 saturated carbocycles. The van der Waals surface area contributed by atoms with Crippen LogP contribution in [0.3, 0.4) is 0 Å². The van der Waals surface area contributed by atoms with Crippen molar-refractivity contribution in [1.82, 2.24) is 20.4 Å². The van der Waals surface area contributed by atoms with Crippen molar-refractivity contribution < 1.29 is 23.5 Å². The van der Waals surface area contributed by atoms with E-state index in [9.17, 15) is 18.8 Å². The molecule has 0 aromatic heterocycles. The van der Waals surface area contributed by atoms with Gasteiger partial charge in [0, 0.05) is 31.7 Å². The van der Waals surface area contributed by atoms with Crippen molar-refractivity contribution in [3.05, 3.63) is 58.9 Å². The van der Waals surface area contributed by atoms with Crippen LogP contribution in [0.4, 0.5) is 4.39 Å². The third-order valence-corrected chi connectivity index (χ3v) is 8.08. The maximum absolute atomic E-state index is 14.3. The van der Waals surface area contributed by atoms with Crippen molar-refractivity contribution in [2.75, 3.05) is 45.9 Å². The number of carbonyl (C=O) groups excluding carboxylic acids is 3. The van der Waals surface area contributed by atoms with Gasteiger partial charge in [0.2, 0.25) is 17.7 Å². The van der Waals surface area contributed by atoms with Crippen molar-refractivity contribution in [3.8, 4) is 11.1 Å². The number of carbonyl (C=O) groups is 3. The predicted octanol–water partition coefficient (Wildman–Crippen LogP) is 4.32. The third-order valence-electron chi connectivity index (χ3n) is 7.77. The molecule has 2 heterocycles. The Labute approximate surface area is 246 Å². The molecule has 2 aromatic rings. The van der Waals surface area contributed by atoms with Gasteiger partial charge >= 0.3 is 0 Å². The van der Waals surface area contributed by atoms with E-state index in [0.29, 0.717) is 42.3 Å². The van der Waals surface area contributed by atoms with E-state index < -0.39 is 11.9 Å². The summed E-state index contributed by atoms with van der Waals surface area (Å²) in [4.78, 5) is 42.1. The lowest BCUT2D eigenvalue weighted by atomic mass is 10.0. The van der Waals surface area contributed by atoms with Crippen LogP contribution in [0.5, 0.6) is 0 Å². The summed E-state index contributed by atoms with van der Waals surface area (Å²) in [7, 11) is 0. The monoisotopic (exact) mass is 586 g/mol. The summed E-state index contributed by atoms with van der Waals surface area (Å²) in [6.07, 6.45) is 4.97. The van der Waals surface area contributed by atoms with Gasteiger partial charge in [0.25, 0.3) is 0 Å². The lowest BCUT2D eigenvalue weighted by Gasteiger charge is -2.26. The predicted molar refractivity (Wildman–Crippen MR) is 157 cm³/mol. The van der Waals surface area contributed by atoms with E-state index in [1.807, 2.05) is 19.1 Å². The summed E-state index contributed by atoms with van der Waals surface area (Å²) in [5, 5.41) is 5.99. The molecular formula is C31H40ClFN4O4. The molecule has 2 aliphatic heterocycles. The molecule has 2 atom stereocenters. The normalized spacial score (nSPS) is 17.9. The van der Waals surface area contributed by atoms with E-state index >= 15 is 0 Å². The van der Waals surface area contributed by atoms with Gasteiger partial charge in [-0.1, -0.05) is 41.9 Å². The first-order chi connectivity index (χ1) is 19.8. The second-order valence-electron chi connectivity index (χ2n) is 10.7. The number of halogens is 2. The van der Waals surface area contributed by atoms with Crippen LogP contribution in [0.25, 0.3) is 11.1 Å². The number of nitrogens with one attached hydrogen (secondary N) is 2. The average Bonchev–Trinajstić information content (AvgIpc) is 3.67. The number of hydrogen-bond donors (Lipinski definition) is 2. The highest BCUT2D eigenvalue weighted by Gasteiger charge is 2.34. The lowest BCUT2D eigenvalue weighted by Crippen LogP contribution is -2.49. The first-order valence-electron chi connectivity index (χ1n) is 14.5. The molecule has 8 nitrogen and oxygen atoms in total. The van der Waals surface area contributed by atoms with Gasteiger partial charge in [0.1, 0.15) is 11.9 Å². The van der Waals surface area contributed by atoms with Gasteiger partial charge in [-0.3, -0.25) is 14.4 Å². The van der Waals surface area contributed by atoms with E-state index in [2.05, 4.69) is 15.5 Å². The molecule has 0 aliphatic carbocycles. The van der Waals surface area contributed by atoms with Gasteiger partial charge in [-0.05, 0) is 75.4 Å². The molecule has 2 unspecified atom stereocenters. The molecule has 3 amide bonds. The highest BCUT2D eigenvalue weighted by molar-refractivity contribution is 6.33. The minimum Gasteiger partial charge on any atom is -0.381 e. The highest BCUT2D eigenvalue weighted by Crippen LogP contribution is 2.31. The standard InChI is InChI=1S/C31H40ClFN4O4/c1-22(23-10-12-24(13-11-23)30-25(32)7-4-8-26(30)33)35-31(40)27-9-5-18-37(27)29(39)21-34-28(38)14-20-41-19-6-17-36-15-2-3-16-36/h4,7-8,10-13,22,27H,2-3,5-6,9,14-21H2,1H3,(H,34,38)(H,35,40). The first kappa shape index (κ1) is 30.9. The number of benzene rings is 2. The van der Waals surface area contributed by atoms with Crippen LogP contribution in [-0.4, -0.2) is 79.5 Å². The number of amides is 3. The molecule has 10 heteroatoms. The Kier molecular flexibility index (Phi) is 11.5. The number of rotatable bonds is 13. The summed E-state index contributed by atoms with van der Waals surface area (Å²) in [6, 6.07) is 10.9. The van der Waals surface area contributed by atoms with Crippen LogP contribution < -0.4 is 10.6 Å². The van der Waals surface area contributed by atoms with E-state index in [4.69, 9.17) is 16.3 Å². The molecule has 0 radical (unpaired) electrons. The maximum atomic E-state index is 14.3. The Balaban J connectivity index is 1.18. The zero-order valence-electron chi connectivity index (χ0n) is 23.7. The fourth-order valence-corrected chi connectivity index (χ4v) is 5.74. The van der Waals surface area contributed by atoms with Crippen LogP contribution in [-0.2, 0) is 19.1 Å². The molecule has 4 rings (SSSR count). The van der Waals surface area contributed by atoms with Crippen LogP contribution in [0.2, 0.25) is 5.02 Å². The molecule has 2 saturated heterocycles. The summed E-state index contributed by atoms with van der Waals surface area (Å²) in [5.74, 6) is -1.16. The van der Waals surface area contributed by atoms with Gasteiger partial charge < -0.3 is 25.2 Å². The molecular weight excluding hydrogens is 547 g/mol. The Morgan fingerprint density at radius 2 is 1.80 bits per heavy atom. The van der Waals surface area contributed by atoms with E-state index in [-0.39, 0.29) is 36.7 Å². The lowest BCUT2D eigenvalue weighted by molar-refractivity contribution is -0.139. The SMILES string of the molecule is CC(NC(=O)C1CCCN1C(=O)CNC(=O)CCOCCCN1CCCC1)c1ccc(-c2c(F)cccc2Cl)cc1. The van der Waals surface area contributed by atoms with Crippen LogP contribution >= 0.6 is 11.6 Å². The first-order valence-corrected chi connectivity index (χ1v) is 14.9. The van der Waals surface area contributed by atoms with E-state index in [1.165, 1.54) is 18.9 Å². The van der Waals surface area contributed by atoms with Gasteiger partial charge in [0.15, 0.2) is 0 Å². The topological polar surface area (TPSA) is 91.0 Å². The molecule has 0 spiro atoms. The van der Waals surface area contributed by atoms with Gasteiger partial charge in [0.05, 0.1) is 24.2 Å². The number of hydrogen-bond acceptors (Lipinski definition) is 5. The number of likely N-dealkylation sites (tertiary alicyclic amines) is 2. The summed E-state index contributed by atoms with van der Waals surface area (Å²) in [6.45, 7) is 6.48. The fraction of sp³-hybridized carbons (Fsp3) is 0.516. The van der Waals surface area contributed by atoms with Crippen LogP contribution in [0.15, 0.2) is 42.5 Å². The largest absolute Gasteiger partial charge is 0.381 e. The maximum Gasteiger partial charge on any atom is 0.243 e. The Morgan fingerprint density at radius 1 is 1.05 bits per heavy atom. The van der Waals surface area contributed by atoms with Crippen LogP contribution in [0, 0.1) is 5.82 Å². The second-order valence-corrected chi connectivity index (χ2v) is 11.1. The zero-order valence-corrected chi connectivity index (χ0v) is 24.4. The van der Waals surface area contributed by atoms with Gasteiger partial charge in [-0.25, -0.2) is 4.39 Å².